The molecule has 0 atom stereocenters. The summed E-state index contributed by atoms with van der Waals surface area (Å²) in [4.78, 5) is 25.2. The maximum Gasteiger partial charge on any atom is 0.293 e. The van der Waals surface area contributed by atoms with E-state index < -0.39 is 4.92 Å². The highest BCUT2D eigenvalue weighted by molar-refractivity contribution is 9.10. The number of ketones is 1. The SMILES string of the molecule is CN(c1ccccc1)c1ccc(/C=C/C(=O)c2cccc(Br)c2)cc1[N+](=O)[O-]. The van der Waals surface area contributed by atoms with E-state index in [0.29, 0.717) is 16.8 Å². The van der Waals surface area contributed by atoms with Gasteiger partial charge in [-0.3, -0.25) is 14.9 Å². The minimum atomic E-state index is -0.414. The van der Waals surface area contributed by atoms with Crippen molar-refractivity contribution < 1.29 is 9.72 Å². The van der Waals surface area contributed by atoms with Gasteiger partial charge in [0.15, 0.2) is 5.78 Å². The van der Waals surface area contributed by atoms with Gasteiger partial charge in [0.2, 0.25) is 0 Å². The third-order valence-electron chi connectivity index (χ3n) is 4.24. The molecule has 0 amide bonds. The van der Waals surface area contributed by atoms with E-state index in [0.717, 1.165) is 10.2 Å². The summed E-state index contributed by atoms with van der Waals surface area (Å²) in [6.45, 7) is 0. The van der Waals surface area contributed by atoms with E-state index in [4.69, 9.17) is 0 Å². The largest absolute Gasteiger partial charge is 0.339 e. The summed E-state index contributed by atoms with van der Waals surface area (Å²) in [5.41, 5.74) is 2.43. The van der Waals surface area contributed by atoms with Crippen molar-refractivity contribution in [1.82, 2.24) is 0 Å². The molecule has 0 spiro atoms. The summed E-state index contributed by atoms with van der Waals surface area (Å²) >= 11 is 3.34. The molecule has 0 N–H and O–H groups in total. The van der Waals surface area contributed by atoms with Crippen LogP contribution in [0.2, 0.25) is 0 Å². The zero-order chi connectivity index (χ0) is 20.1. The van der Waals surface area contributed by atoms with Crippen LogP contribution in [0, 0.1) is 10.1 Å². The monoisotopic (exact) mass is 436 g/mol. The highest BCUT2D eigenvalue weighted by Gasteiger charge is 2.18. The van der Waals surface area contributed by atoms with Crippen molar-refractivity contribution in [3.05, 3.63) is 105 Å². The second-order valence-electron chi connectivity index (χ2n) is 6.11. The maximum absolute atomic E-state index is 12.3. The molecule has 3 aromatic rings. The van der Waals surface area contributed by atoms with E-state index in [-0.39, 0.29) is 11.5 Å². The minimum absolute atomic E-state index is 0.0246. The predicted octanol–water partition coefficient (Wildman–Crippen LogP) is 6.02. The number of benzene rings is 3. The van der Waals surface area contributed by atoms with Gasteiger partial charge < -0.3 is 4.90 Å². The van der Waals surface area contributed by atoms with Crippen LogP contribution < -0.4 is 4.90 Å². The van der Waals surface area contributed by atoms with Crippen molar-refractivity contribution in [3.63, 3.8) is 0 Å². The minimum Gasteiger partial charge on any atom is -0.339 e. The molecule has 3 rings (SSSR count). The average Bonchev–Trinajstić information content (AvgIpc) is 2.72. The Kier molecular flexibility index (Phi) is 6.01. The fourth-order valence-corrected chi connectivity index (χ4v) is 3.17. The van der Waals surface area contributed by atoms with Crippen molar-refractivity contribution in [1.29, 1.82) is 0 Å². The third-order valence-corrected chi connectivity index (χ3v) is 4.73. The number of nitrogens with zero attached hydrogens (tertiary/aromatic N) is 2. The number of halogens is 1. The Morgan fingerprint density at radius 1 is 1.04 bits per heavy atom. The molecule has 0 aromatic heterocycles. The second-order valence-corrected chi connectivity index (χ2v) is 7.02. The molecule has 0 heterocycles. The van der Waals surface area contributed by atoms with Crippen LogP contribution in [0.4, 0.5) is 17.1 Å². The van der Waals surface area contributed by atoms with Crippen LogP contribution in [-0.4, -0.2) is 17.8 Å². The van der Waals surface area contributed by atoms with E-state index in [1.54, 1.807) is 48.4 Å². The van der Waals surface area contributed by atoms with E-state index >= 15 is 0 Å². The molecule has 5 nitrogen and oxygen atoms in total. The van der Waals surface area contributed by atoms with Gasteiger partial charge in [-0.15, -0.1) is 0 Å². The normalized spacial score (nSPS) is 10.8. The van der Waals surface area contributed by atoms with Crippen molar-refractivity contribution in [2.45, 2.75) is 0 Å². The lowest BCUT2D eigenvalue weighted by Gasteiger charge is -2.19. The molecular formula is C22H17BrN2O3. The van der Waals surface area contributed by atoms with Crippen LogP contribution in [0.3, 0.4) is 0 Å². The van der Waals surface area contributed by atoms with Crippen LogP contribution in [0.1, 0.15) is 15.9 Å². The van der Waals surface area contributed by atoms with Gasteiger partial charge in [0.05, 0.1) is 4.92 Å². The van der Waals surface area contributed by atoms with E-state index in [9.17, 15) is 14.9 Å². The summed E-state index contributed by atoms with van der Waals surface area (Å²) in [5, 5.41) is 11.6. The number of anilines is 2. The highest BCUT2D eigenvalue weighted by atomic mass is 79.9. The van der Waals surface area contributed by atoms with Crippen molar-refractivity contribution in [2.24, 2.45) is 0 Å². The van der Waals surface area contributed by atoms with Crippen molar-refractivity contribution in [3.8, 4) is 0 Å². The molecular weight excluding hydrogens is 420 g/mol. The van der Waals surface area contributed by atoms with Crippen molar-refractivity contribution >= 4 is 44.9 Å². The molecule has 0 saturated carbocycles. The molecule has 6 heteroatoms. The van der Waals surface area contributed by atoms with Gasteiger partial charge in [-0.05, 0) is 42.0 Å². The molecule has 0 unspecified atom stereocenters. The first-order valence-corrected chi connectivity index (χ1v) is 9.30. The Bertz CT molecular complexity index is 1050. The number of para-hydroxylation sites is 1. The number of carbonyl (C=O) groups is 1. The number of carbonyl (C=O) groups excluding carboxylic acids is 1. The van der Waals surface area contributed by atoms with Gasteiger partial charge in [-0.25, -0.2) is 0 Å². The molecule has 0 radical (unpaired) electrons. The molecule has 140 valence electrons. The zero-order valence-electron chi connectivity index (χ0n) is 15.1. The first-order valence-electron chi connectivity index (χ1n) is 8.51. The summed E-state index contributed by atoms with van der Waals surface area (Å²) in [5.74, 6) is -0.172. The fourth-order valence-electron chi connectivity index (χ4n) is 2.77. The standard InChI is InChI=1S/C22H17BrN2O3/c1-24(19-8-3-2-4-9-19)20-12-10-16(14-21(20)25(27)28)11-13-22(26)17-6-5-7-18(23)15-17/h2-15H,1H3/b13-11+. The Morgan fingerprint density at radius 2 is 1.79 bits per heavy atom. The van der Waals surface area contributed by atoms with Gasteiger partial charge in [-0.2, -0.15) is 0 Å². The molecule has 0 aliphatic heterocycles. The van der Waals surface area contributed by atoms with Gasteiger partial charge in [0.25, 0.3) is 5.69 Å². The first kappa shape index (κ1) is 19.5. The van der Waals surface area contributed by atoms with Crippen LogP contribution in [0.25, 0.3) is 6.08 Å². The zero-order valence-corrected chi connectivity index (χ0v) is 16.7. The topological polar surface area (TPSA) is 63.5 Å². The number of rotatable bonds is 6. The van der Waals surface area contributed by atoms with Gasteiger partial charge in [0.1, 0.15) is 5.69 Å². The Balaban J connectivity index is 1.88. The molecule has 0 fully saturated rings. The van der Waals surface area contributed by atoms with Gasteiger partial charge in [-0.1, -0.05) is 58.4 Å². The Labute approximate surface area is 171 Å². The first-order chi connectivity index (χ1) is 13.5. The van der Waals surface area contributed by atoms with E-state index in [2.05, 4.69) is 15.9 Å². The summed E-state index contributed by atoms with van der Waals surface area (Å²) in [6, 6.07) is 21.4. The quantitative estimate of drug-likeness (QED) is 0.205. The lowest BCUT2D eigenvalue weighted by atomic mass is 10.1. The molecule has 0 aliphatic rings. The number of nitro groups is 1. The molecule has 0 bridgehead atoms. The van der Waals surface area contributed by atoms with Crippen LogP contribution in [0.5, 0.6) is 0 Å². The summed E-state index contributed by atoms with van der Waals surface area (Å²) < 4.78 is 0.815. The van der Waals surface area contributed by atoms with Crippen LogP contribution in [0.15, 0.2) is 83.3 Å². The number of allylic oxidation sites excluding steroid dienone is 1. The molecule has 28 heavy (non-hydrogen) atoms. The molecule has 0 saturated heterocycles. The summed E-state index contributed by atoms with van der Waals surface area (Å²) in [6.07, 6.45) is 3.00. The predicted molar refractivity (Wildman–Crippen MR) is 115 cm³/mol. The van der Waals surface area contributed by atoms with Gasteiger partial charge >= 0.3 is 0 Å². The summed E-state index contributed by atoms with van der Waals surface area (Å²) in [7, 11) is 1.78. The smallest absolute Gasteiger partial charge is 0.293 e. The van der Waals surface area contributed by atoms with Crippen LogP contribution >= 0.6 is 15.9 Å². The third kappa shape index (κ3) is 4.53. The fraction of sp³-hybridized carbons (Fsp3) is 0.0455. The second kappa shape index (κ2) is 8.63. The lowest BCUT2D eigenvalue weighted by Crippen LogP contribution is -2.11. The number of nitro benzene ring substituents is 1. The Morgan fingerprint density at radius 3 is 2.46 bits per heavy atom. The van der Waals surface area contributed by atoms with E-state index in [1.807, 2.05) is 36.4 Å². The lowest BCUT2D eigenvalue weighted by molar-refractivity contribution is -0.384. The average molecular weight is 437 g/mol. The molecule has 3 aromatic carbocycles. The Hall–Kier alpha value is -3.25. The number of hydrogen-bond donors (Lipinski definition) is 0. The highest BCUT2D eigenvalue weighted by Crippen LogP contribution is 2.33. The van der Waals surface area contributed by atoms with E-state index in [1.165, 1.54) is 12.1 Å². The van der Waals surface area contributed by atoms with Gasteiger partial charge in [0, 0.05) is 28.8 Å². The van der Waals surface area contributed by atoms with Crippen LogP contribution in [-0.2, 0) is 0 Å². The number of hydrogen-bond acceptors (Lipinski definition) is 4. The van der Waals surface area contributed by atoms with Crippen molar-refractivity contribution in [2.75, 3.05) is 11.9 Å². The maximum atomic E-state index is 12.3. The molecule has 0 aliphatic carbocycles.